The Balaban J connectivity index is 1.72. The summed E-state index contributed by atoms with van der Waals surface area (Å²) in [6.45, 7) is 3.40. The van der Waals surface area contributed by atoms with Gasteiger partial charge in [-0.25, -0.2) is 0 Å². The van der Waals surface area contributed by atoms with E-state index in [4.69, 9.17) is 0 Å². The van der Waals surface area contributed by atoms with Crippen molar-refractivity contribution in [2.24, 2.45) is 5.92 Å². The number of anilines is 1. The molecule has 0 unspecified atom stereocenters. The van der Waals surface area contributed by atoms with Crippen LogP contribution in [0.25, 0.3) is 0 Å². The number of hydrogen-bond donors (Lipinski definition) is 3. The topological polar surface area (TPSA) is 52.7 Å². The summed E-state index contributed by atoms with van der Waals surface area (Å²) in [6, 6.07) is 0. The van der Waals surface area contributed by atoms with E-state index in [0.717, 1.165) is 31.2 Å². The quantitative estimate of drug-likeness (QED) is 0.645. The Morgan fingerprint density at radius 1 is 1.46 bits per heavy atom. The highest BCUT2D eigenvalue weighted by Crippen LogP contribution is 2.12. The van der Waals surface area contributed by atoms with E-state index in [-0.39, 0.29) is 0 Å². The van der Waals surface area contributed by atoms with E-state index in [1.807, 2.05) is 12.4 Å². The van der Waals surface area contributed by atoms with Crippen LogP contribution in [0.5, 0.6) is 0 Å². The maximum absolute atomic E-state index is 3.89. The van der Waals surface area contributed by atoms with E-state index in [1.165, 1.54) is 12.8 Å². The van der Waals surface area contributed by atoms with Crippen molar-refractivity contribution in [2.75, 3.05) is 25.0 Å². The number of nitrogens with one attached hydrogen (secondary N) is 3. The second-order valence-corrected chi connectivity index (χ2v) is 3.56. The predicted molar refractivity (Wildman–Crippen MR) is 52.7 cm³/mol. The lowest BCUT2D eigenvalue weighted by molar-refractivity contribution is 0.390. The van der Waals surface area contributed by atoms with Crippen LogP contribution in [0, 0.1) is 5.92 Å². The van der Waals surface area contributed by atoms with Gasteiger partial charge in [0.25, 0.3) is 0 Å². The third-order valence-electron chi connectivity index (χ3n) is 2.55. The molecule has 0 radical (unpaired) electrons. The molecule has 1 fully saturated rings. The molecule has 0 saturated carbocycles. The van der Waals surface area contributed by atoms with E-state index >= 15 is 0 Å². The monoisotopic (exact) mass is 180 g/mol. The molecule has 2 heterocycles. The van der Waals surface area contributed by atoms with Crippen molar-refractivity contribution < 1.29 is 0 Å². The molecule has 1 aliphatic heterocycles. The third kappa shape index (κ3) is 2.45. The van der Waals surface area contributed by atoms with Crippen LogP contribution >= 0.6 is 0 Å². The first-order chi connectivity index (χ1) is 6.45. The fraction of sp³-hybridized carbons (Fsp3) is 0.667. The second-order valence-electron chi connectivity index (χ2n) is 3.56. The van der Waals surface area contributed by atoms with E-state index in [1.54, 1.807) is 0 Å². The molecule has 0 atom stereocenters. The molecule has 4 heteroatoms. The largest absolute Gasteiger partial charge is 0.382 e. The number of rotatable bonds is 3. The first kappa shape index (κ1) is 8.56. The predicted octanol–water partition coefficient (Wildman–Crippen LogP) is 0.821. The first-order valence-corrected chi connectivity index (χ1v) is 4.88. The molecule has 0 bridgehead atoms. The van der Waals surface area contributed by atoms with Gasteiger partial charge in [-0.3, -0.25) is 5.10 Å². The lowest BCUT2D eigenvalue weighted by Gasteiger charge is -2.22. The molecule has 2 rings (SSSR count). The van der Waals surface area contributed by atoms with E-state index in [0.29, 0.717) is 0 Å². The van der Waals surface area contributed by atoms with Gasteiger partial charge in [0.1, 0.15) is 0 Å². The fourth-order valence-corrected chi connectivity index (χ4v) is 1.70. The van der Waals surface area contributed by atoms with Gasteiger partial charge >= 0.3 is 0 Å². The van der Waals surface area contributed by atoms with Crippen molar-refractivity contribution >= 4 is 5.69 Å². The normalized spacial score (nSPS) is 18.8. The van der Waals surface area contributed by atoms with E-state index < -0.39 is 0 Å². The molecule has 72 valence electrons. The summed E-state index contributed by atoms with van der Waals surface area (Å²) in [5, 5.41) is 13.4. The van der Waals surface area contributed by atoms with Crippen LogP contribution in [0.4, 0.5) is 5.69 Å². The molecule has 3 N–H and O–H groups in total. The number of aromatic amines is 1. The molecule has 4 nitrogen and oxygen atoms in total. The Kier molecular flexibility index (Phi) is 2.82. The van der Waals surface area contributed by atoms with Gasteiger partial charge in [0.2, 0.25) is 0 Å². The SMILES string of the molecule is c1n[nH]cc1NCC1CCNCC1. The van der Waals surface area contributed by atoms with Gasteiger partial charge in [0.05, 0.1) is 11.9 Å². The van der Waals surface area contributed by atoms with Gasteiger partial charge in [-0.15, -0.1) is 0 Å². The average molecular weight is 180 g/mol. The number of nitrogens with zero attached hydrogens (tertiary/aromatic N) is 1. The minimum absolute atomic E-state index is 0.816. The molecular weight excluding hydrogens is 164 g/mol. The van der Waals surface area contributed by atoms with Crippen LogP contribution in [0.2, 0.25) is 0 Å². The molecule has 0 aromatic carbocycles. The summed E-state index contributed by atoms with van der Waals surface area (Å²) in [5.41, 5.74) is 1.10. The summed E-state index contributed by atoms with van der Waals surface area (Å²) in [4.78, 5) is 0. The number of H-pyrrole nitrogens is 1. The van der Waals surface area contributed by atoms with Crippen molar-refractivity contribution in [3.8, 4) is 0 Å². The standard InChI is InChI=1S/C9H16N4/c1-3-10-4-2-8(1)5-11-9-6-12-13-7-9/h6-8,10-11H,1-5H2,(H,12,13). The third-order valence-corrected chi connectivity index (χ3v) is 2.55. The van der Waals surface area contributed by atoms with Gasteiger partial charge in [0, 0.05) is 12.7 Å². The smallest absolute Gasteiger partial charge is 0.0723 e. The summed E-state index contributed by atoms with van der Waals surface area (Å²) < 4.78 is 0. The van der Waals surface area contributed by atoms with Crippen LogP contribution in [0.1, 0.15) is 12.8 Å². The maximum atomic E-state index is 3.89. The Bertz CT molecular complexity index is 226. The zero-order valence-corrected chi connectivity index (χ0v) is 7.71. The van der Waals surface area contributed by atoms with Gasteiger partial charge in [-0.05, 0) is 31.8 Å². The Morgan fingerprint density at radius 3 is 3.00 bits per heavy atom. The Morgan fingerprint density at radius 2 is 2.31 bits per heavy atom. The summed E-state index contributed by atoms with van der Waals surface area (Å²) in [7, 11) is 0. The molecule has 1 aromatic heterocycles. The van der Waals surface area contributed by atoms with Crippen LogP contribution in [0.3, 0.4) is 0 Å². The summed E-state index contributed by atoms with van der Waals surface area (Å²) >= 11 is 0. The average Bonchev–Trinajstić information content (AvgIpc) is 2.69. The Labute approximate surface area is 78.1 Å². The number of aromatic nitrogens is 2. The molecule has 0 aliphatic carbocycles. The fourth-order valence-electron chi connectivity index (χ4n) is 1.70. The highest BCUT2D eigenvalue weighted by Gasteiger charge is 2.12. The highest BCUT2D eigenvalue weighted by atomic mass is 15.1. The minimum Gasteiger partial charge on any atom is -0.382 e. The van der Waals surface area contributed by atoms with E-state index in [2.05, 4.69) is 20.8 Å². The van der Waals surface area contributed by atoms with Crippen LogP contribution in [0.15, 0.2) is 12.4 Å². The van der Waals surface area contributed by atoms with Gasteiger partial charge in [-0.1, -0.05) is 0 Å². The van der Waals surface area contributed by atoms with E-state index in [9.17, 15) is 0 Å². The molecule has 0 amide bonds. The highest BCUT2D eigenvalue weighted by molar-refractivity contribution is 5.37. The van der Waals surface area contributed by atoms with Crippen molar-refractivity contribution in [1.29, 1.82) is 0 Å². The molecule has 13 heavy (non-hydrogen) atoms. The molecule has 0 spiro atoms. The minimum atomic E-state index is 0.816. The van der Waals surface area contributed by atoms with Crippen LogP contribution in [-0.4, -0.2) is 29.8 Å². The lowest BCUT2D eigenvalue weighted by Crippen LogP contribution is -2.31. The Hall–Kier alpha value is -1.03. The second kappa shape index (κ2) is 4.28. The van der Waals surface area contributed by atoms with Gasteiger partial charge in [0.15, 0.2) is 0 Å². The lowest BCUT2D eigenvalue weighted by atomic mass is 9.98. The van der Waals surface area contributed by atoms with Crippen molar-refractivity contribution in [3.63, 3.8) is 0 Å². The number of piperidine rings is 1. The van der Waals surface area contributed by atoms with Gasteiger partial charge < -0.3 is 10.6 Å². The molecule has 1 saturated heterocycles. The van der Waals surface area contributed by atoms with Crippen molar-refractivity contribution in [2.45, 2.75) is 12.8 Å². The molecule has 1 aliphatic rings. The first-order valence-electron chi connectivity index (χ1n) is 4.88. The zero-order valence-electron chi connectivity index (χ0n) is 7.71. The summed E-state index contributed by atoms with van der Waals surface area (Å²) in [6.07, 6.45) is 6.28. The van der Waals surface area contributed by atoms with Gasteiger partial charge in [-0.2, -0.15) is 5.10 Å². The van der Waals surface area contributed by atoms with Crippen molar-refractivity contribution in [3.05, 3.63) is 12.4 Å². The number of hydrogen-bond acceptors (Lipinski definition) is 3. The summed E-state index contributed by atoms with van der Waals surface area (Å²) in [5.74, 6) is 0.816. The van der Waals surface area contributed by atoms with Crippen LogP contribution in [-0.2, 0) is 0 Å². The molecular formula is C9H16N4. The zero-order chi connectivity index (χ0) is 8.93. The van der Waals surface area contributed by atoms with Crippen molar-refractivity contribution in [1.82, 2.24) is 15.5 Å². The maximum Gasteiger partial charge on any atom is 0.0723 e. The molecule has 1 aromatic rings. The van der Waals surface area contributed by atoms with Crippen LogP contribution < -0.4 is 10.6 Å².